The number of nitro groups is 1. The standard InChI is InChI=1S/C20H21F2N3O3/c1-23(2)11-12-24(14-16-7-9-17(21)13-18(16)22)20(26)10-8-15-5-3-4-6-19(15)25(27)28/h3-10,13H,11-12,14H2,1-2H3/b10-8+. The predicted molar refractivity (Wildman–Crippen MR) is 102 cm³/mol. The van der Waals surface area contributed by atoms with Crippen molar-refractivity contribution in [3.05, 3.63) is 81.4 Å². The quantitative estimate of drug-likeness (QED) is 0.394. The second kappa shape index (κ2) is 9.70. The smallest absolute Gasteiger partial charge is 0.276 e. The molecular formula is C20H21F2N3O3. The molecule has 0 bridgehead atoms. The number of benzene rings is 2. The van der Waals surface area contributed by atoms with Crippen LogP contribution in [0.1, 0.15) is 11.1 Å². The fourth-order valence-corrected chi connectivity index (χ4v) is 2.50. The Morgan fingerprint density at radius 1 is 1.14 bits per heavy atom. The highest BCUT2D eigenvalue weighted by atomic mass is 19.1. The topological polar surface area (TPSA) is 66.7 Å². The summed E-state index contributed by atoms with van der Waals surface area (Å²) >= 11 is 0. The van der Waals surface area contributed by atoms with Gasteiger partial charge in [-0.3, -0.25) is 14.9 Å². The summed E-state index contributed by atoms with van der Waals surface area (Å²) < 4.78 is 27.1. The molecule has 0 N–H and O–H groups in total. The van der Waals surface area contributed by atoms with E-state index < -0.39 is 22.5 Å². The van der Waals surface area contributed by atoms with E-state index in [4.69, 9.17) is 0 Å². The van der Waals surface area contributed by atoms with E-state index in [1.54, 1.807) is 6.07 Å². The first-order chi connectivity index (χ1) is 13.3. The average molecular weight is 389 g/mol. The minimum absolute atomic E-state index is 0.0417. The van der Waals surface area contributed by atoms with E-state index in [2.05, 4.69) is 0 Å². The molecule has 0 aliphatic rings. The van der Waals surface area contributed by atoms with Gasteiger partial charge < -0.3 is 9.80 Å². The molecule has 2 aromatic carbocycles. The second-order valence-electron chi connectivity index (χ2n) is 6.45. The van der Waals surface area contributed by atoms with Gasteiger partial charge in [0.05, 0.1) is 10.5 Å². The van der Waals surface area contributed by atoms with Gasteiger partial charge >= 0.3 is 0 Å². The summed E-state index contributed by atoms with van der Waals surface area (Å²) in [5.74, 6) is -1.85. The molecule has 148 valence electrons. The number of carbonyl (C=O) groups excluding carboxylic acids is 1. The molecule has 0 saturated heterocycles. The van der Waals surface area contributed by atoms with Gasteiger partial charge in [0.25, 0.3) is 5.69 Å². The zero-order valence-corrected chi connectivity index (χ0v) is 15.6. The summed E-state index contributed by atoms with van der Waals surface area (Å²) in [6.07, 6.45) is 2.59. The Kier molecular flexibility index (Phi) is 7.34. The lowest BCUT2D eigenvalue weighted by atomic mass is 10.1. The van der Waals surface area contributed by atoms with Gasteiger partial charge in [0.1, 0.15) is 11.6 Å². The van der Waals surface area contributed by atoms with Crippen molar-refractivity contribution in [1.82, 2.24) is 9.80 Å². The van der Waals surface area contributed by atoms with Crippen molar-refractivity contribution in [2.75, 3.05) is 27.2 Å². The van der Waals surface area contributed by atoms with Crippen LogP contribution < -0.4 is 0 Å². The molecular weight excluding hydrogens is 368 g/mol. The minimum atomic E-state index is -0.731. The van der Waals surface area contributed by atoms with E-state index in [9.17, 15) is 23.7 Å². The van der Waals surface area contributed by atoms with Gasteiger partial charge in [-0.2, -0.15) is 0 Å². The molecule has 6 nitrogen and oxygen atoms in total. The van der Waals surface area contributed by atoms with Crippen LogP contribution in [0, 0.1) is 21.7 Å². The molecule has 0 fully saturated rings. The molecule has 0 aromatic heterocycles. The first-order valence-corrected chi connectivity index (χ1v) is 8.57. The van der Waals surface area contributed by atoms with Crippen molar-refractivity contribution >= 4 is 17.7 Å². The van der Waals surface area contributed by atoms with Crippen LogP contribution >= 0.6 is 0 Å². The van der Waals surface area contributed by atoms with Crippen molar-refractivity contribution in [3.8, 4) is 0 Å². The highest BCUT2D eigenvalue weighted by Crippen LogP contribution is 2.19. The number of rotatable bonds is 8. The number of hydrogen-bond acceptors (Lipinski definition) is 4. The lowest BCUT2D eigenvalue weighted by Gasteiger charge is -2.23. The van der Waals surface area contributed by atoms with Gasteiger partial charge in [-0.1, -0.05) is 18.2 Å². The van der Waals surface area contributed by atoms with Crippen molar-refractivity contribution in [2.24, 2.45) is 0 Å². The van der Waals surface area contributed by atoms with Crippen LogP contribution in [0.3, 0.4) is 0 Å². The minimum Gasteiger partial charge on any atom is -0.333 e. The summed E-state index contributed by atoms with van der Waals surface area (Å²) in [4.78, 5) is 26.5. The average Bonchev–Trinajstić information content (AvgIpc) is 2.64. The second-order valence-corrected chi connectivity index (χ2v) is 6.45. The number of halogens is 2. The van der Waals surface area contributed by atoms with Gasteiger partial charge in [-0.05, 0) is 32.3 Å². The van der Waals surface area contributed by atoms with Crippen LogP contribution in [-0.2, 0) is 11.3 Å². The number of amides is 1. The van der Waals surface area contributed by atoms with Gasteiger partial charge in [0, 0.05) is 43.4 Å². The number of nitro benzene ring substituents is 1. The van der Waals surface area contributed by atoms with E-state index in [1.807, 2.05) is 19.0 Å². The van der Waals surface area contributed by atoms with Gasteiger partial charge in [0.15, 0.2) is 0 Å². The third kappa shape index (κ3) is 5.95. The van der Waals surface area contributed by atoms with E-state index in [0.29, 0.717) is 18.7 Å². The highest BCUT2D eigenvalue weighted by molar-refractivity contribution is 5.92. The lowest BCUT2D eigenvalue weighted by molar-refractivity contribution is -0.385. The molecule has 0 radical (unpaired) electrons. The summed E-state index contributed by atoms with van der Waals surface area (Å²) in [7, 11) is 3.68. The van der Waals surface area contributed by atoms with Gasteiger partial charge in [-0.15, -0.1) is 0 Å². The first kappa shape index (κ1) is 21.2. The van der Waals surface area contributed by atoms with Crippen LogP contribution in [0.4, 0.5) is 14.5 Å². The van der Waals surface area contributed by atoms with Crippen molar-refractivity contribution in [1.29, 1.82) is 0 Å². The SMILES string of the molecule is CN(C)CCN(Cc1ccc(F)cc1F)C(=O)/C=C/c1ccccc1[N+](=O)[O-]. The molecule has 28 heavy (non-hydrogen) atoms. The third-order valence-electron chi connectivity index (χ3n) is 4.04. The summed E-state index contributed by atoms with van der Waals surface area (Å²) in [5.41, 5.74) is 0.366. The monoisotopic (exact) mass is 389 g/mol. The zero-order chi connectivity index (χ0) is 20.7. The number of nitrogens with zero attached hydrogens (tertiary/aromatic N) is 3. The summed E-state index contributed by atoms with van der Waals surface area (Å²) in [5, 5.41) is 11.1. The molecule has 0 heterocycles. The van der Waals surface area contributed by atoms with Crippen LogP contribution in [0.25, 0.3) is 6.08 Å². The Morgan fingerprint density at radius 3 is 2.50 bits per heavy atom. The summed E-state index contributed by atoms with van der Waals surface area (Å²) in [6, 6.07) is 9.26. The van der Waals surface area contributed by atoms with E-state index in [0.717, 1.165) is 12.1 Å². The molecule has 0 atom stereocenters. The third-order valence-corrected chi connectivity index (χ3v) is 4.04. The Morgan fingerprint density at radius 2 is 1.86 bits per heavy atom. The van der Waals surface area contributed by atoms with E-state index in [1.165, 1.54) is 41.3 Å². The fraction of sp³-hybridized carbons (Fsp3) is 0.250. The first-order valence-electron chi connectivity index (χ1n) is 8.57. The van der Waals surface area contributed by atoms with Gasteiger partial charge in [-0.25, -0.2) is 8.78 Å². The van der Waals surface area contributed by atoms with Crippen molar-refractivity contribution in [2.45, 2.75) is 6.54 Å². The maximum absolute atomic E-state index is 14.0. The van der Waals surface area contributed by atoms with Crippen LogP contribution in [-0.4, -0.2) is 47.8 Å². The number of hydrogen-bond donors (Lipinski definition) is 0. The Bertz CT molecular complexity index is 885. The Labute approximate surface area is 161 Å². The van der Waals surface area contributed by atoms with Gasteiger partial charge in [0.2, 0.25) is 5.91 Å². The molecule has 0 aliphatic carbocycles. The van der Waals surface area contributed by atoms with Crippen molar-refractivity contribution < 1.29 is 18.5 Å². The summed E-state index contributed by atoms with van der Waals surface area (Å²) in [6.45, 7) is 0.803. The molecule has 8 heteroatoms. The number of para-hydroxylation sites is 1. The Hall–Kier alpha value is -3.13. The maximum atomic E-state index is 14.0. The molecule has 1 amide bonds. The lowest BCUT2D eigenvalue weighted by Crippen LogP contribution is -2.35. The number of carbonyl (C=O) groups is 1. The van der Waals surface area contributed by atoms with E-state index >= 15 is 0 Å². The van der Waals surface area contributed by atoms with Crippen LogP contribution in [0.5, 0.6) is 0 Å². The normalized spacial score (nSPS) is 11.2. The molecule has 2 rings (SSSR count). The van der Waals surface area contributed by atoms with Crippen molar-refractivity contribution in [3.63, 3.8) is 0 Å². The van der Waals surface area contributed by atoms with E-state index in [-0.39, 0.29) is 17.8 Å². The molecule has 0 saturated carbocycles. The maximum Gasteiger partial charge on any atom is 0.276 e. The molecule has 2 aromatic rings. The predicted octanol–water partition coefficient (Wildman–Crippen LogP) is 3.48. The number of likely N-dealkylation sites (N-methyl/N-ethyl adjacent to an activating group) is 1. The Balaban J connectivity index is 2.22. The largest absolute Gasteiger partial charge is 0.333 e. The fourth-order valence-electron chi connectivity index (χ4n) is 2.50. The molecule has 0 spiro atoms. The van der Waals surface area contributed by atoms with Crippen LogP contribution in [0.15, 0.2) is 48.5 Å². The molecule has 0 unspecified atom stereocenters. The zero-order valence-electron chi connectivity index (χ0n) is 15.6. The van der Waals surface area contributed by atoms with Crippen LogP contribution in [0.2, 0.25) is 0 Å². The highest BCUT2D eigenvalue weighted by Gasteiger charge is 2.16. The molecule has 0 aliphatic heterocycles.